The number of nitrogens with zero attached hydrogens (tertiary/aromatic N) is 5. The van der Waals surface area contributed by atoms with Crippen molar-refractivity contribution in [2.45, 2.75) is 45.8 Å². The Kier molecular flexibility index (Phi) is 4.61. The van der Waals surface area contributed by atoms with Crippen LogP contribution in [0.2, 0.25) is 0 Å². The molecule has 1 N–H and O–H groups in total. The van der Waals surface area contributed by atoms with Gasteiger partial charge in [-0.25, -0.2) is 9.67 Å². The van der Waals surface area contributed by atoms with Crippen molar-refractivity contribution in [1.29, 1.82) is 0 Å². The number of likely N-dealkylation sites (N-methyl/N-ethyl adjacent to an activating group) is 1. The molecule has 1 aromatic heterocycles. The van der Waals surface area contributed by atoms with Gasteiger partial charge in [-0.1, -0.05) is 19.1 Å². The number of hydrogen-bond donors (Lipinski definition) is 1. The second kappa shape index (κ2) is 6.64. The predicted octanol–water partition coefficient (Wildman–Crippen LogP) is 1.05. The average molecular weight is 306 g/mol. The third kappa shape index (κ3) is 3.40. The van der Waals surface area contributed by atoms with Gasteiger partial charge in [0.05, 0.1) is 26.0 Å². The molecule has 22 heavy (non-hydrogen) atoms. The Morgan fingerprint density at radius 2 is 2.27 bits per heavy atom. The Hall–Kier alpha value is -1.63. The molecule has 0 spiro atoms. The number of rotatable bonds is 6. The SMILES string of the molecule is CCN1CC(CC(C)C)NC1=NCc1cn(C2COC2)nn1. The van der Waals surface area contributed by atoms with Gasteiger partial charge < -0.3 is 15.0 Å². The second-order valence-electron chi connectivity index (χ2n) is 6.53. The highest BCUT2D eigenvalue weighted by Gasteiger charge is 2.26. The Morgan fingerprint density at radius 1 is 1.45 bits per heavy atom. The van der Waals surface area contributed by atoms with E-state index in [1.165, 1.54) is 6.42 Å². The molecule has 7 heteroatoms. The van der Waals surface area contributed by atoms with Crippen LogP contribution in [0.3, 0.4) is 0 Å². The number of nitrogens with one attached hydrogen (secondary N) is 1. The second-order valence-corrected chi connectivity index (χ2v) is 6.53. The summed E-state index contributed by atoms with van der Waals surface area (Å²) in [7, 11) is 0. The summed E-state index contributed by atoms with van der Waals surface area (Å²) in [6.45, 7) is 10.7. The molecular formula is C15H26N6O. The summed E-state index contributed by atoms with van der Waals surface area (Å²) in [5.41, 5.74) is 0.907. The molecule has 0 radical (unpaired) electrons. The van der Waals surface area contributed by atoms with Crippen LogP contribution in [0, 0.1) is 5.92 Å². The highest BCUT2D eigenvalue weighted by Crippen LogP contribution is 2.16. The van der Waals surface area contributed by atoms with Gasteiger partial charge in [0.2, 0.25) is 0 Å². The zero-order valence-electron chi connectivity index (χ0n) is 13.7. The lowest BCUT2D eigenvalue weighted by Crippen LogP contribution is -2.31. The zero-order valence-corrected chi connectivity index (χ0v) is 13.7. The largest absolute Gasteiger partial charge is 0.377 e. The van der Waals surface area contributed by atoms with Crippen molar-refractivity contribution in [2.24, 2.45) is 10.9 Å². The van der Waals surface area contributed by atoms with Gasteiger partial charge in [-0.2, -0.15) is 0 Å². The van der Waals surface area contributed by atoms with Crippen LogP contribution in [-0.4, -0.2) is 58.2 Å². The fourth-order valence-corrected chi connectivity index (χ4v) is 2.90. The van der Waals surface area contributed by atoms with Crippen LogP contribution in [0.25, 0.3) is 0 Å². The molecule has 3 heterocycles. The van der Waals surface area contributed by atoms with E-state index in [2.05, 4.69) is 41.3 Å². The number of ether oxygens (including phenoxy) is 1. The Bertz CT molecular complexity index is 522. The van der Waals surface area contributed by atoms with Crippen LogP contribution in [0.1, 0.15) is 38.9 Å². The van der Waals surface area contributed by atoms with Crippen LogP contribution < -0.4 is 5.32 Å². The number of aliphatic imine (C=N–C) groups is 1. The maximum Gasteiger partial charge on any atom is 0.194 e. The average Bonchev–Trinajstić information content (AvgIpc) is 3.00. The smallest absolute Gasteiger partial charge is 0.194 e. The maximum atomic E-state index is 5.18. The molecule has 0 bridgehead atoms. The third-order valence-corrected chi connectivity index (χ3v) is 4.15. The van der Waals surface area contributed by atoms with Crippen molar-refractivity contribution < 1.29 is 4.74 Å². The van der Waals surface area contributed by atoms with Crippen LogP contribution in [-0.2, 0) is 11.3 Å². The minimum absolute atomic E-state index is 0.348. The molecule has 2 aliphatic rings. The zero-order chi connectivity index (χ0) is 15.5. The monoisotopic (exact) mass is 306 g/mol. The van der Waals surface area contributed by atoms with Gasteiger partial charge in [-0.05, 0) is 19.3 Å². The van der Waals surface area contributed by atoms with E-state index < -0.39 is 0 Å². The standard InChI is InChI=1S/C15H26N6O/c1-4-20-7-12(5-11(2)3)17-15(20)16-6-13-8-21(19-18-13)14-9-22-10-14/h8,11-12,14H,4-7,9-10H2,1-3H3,(H,16,17). The highest BCUT2D eigenvalue weighted by atomic mass is 16.5. The molecule has 0 saturated carbocycles. The van der Waals surface area contributed by atoms with E-state index >= 15 is 0 Å². The van der Waals surface area contributed by atoms with Gasteiger partial charge in [0, 0.05) is 19.1 Å². The highest BCUT2D eigenvalue weighted by molar-refractivity contribution is 5.82. The van der Waals surface area contributed by atoms with Gasteiger partial charge in [0.25, 0.3) is 0 Å². The summed E-state index contributed by atoms with van der Waals surface area (Å²) < 4.78 is 7.07. The predicted molar refractivity (Wildman–Crippen MR) is 84.6 cm³/mol. The first-order valence-electron chi connectivity index (χ1n) is 8.20. The van der Waals surface area contributed by atoms with Gasteiger partial charge in [-0.3, -0.25) is 0 Å². The molecule has 0 aromatic carbocycles. The molecule has 3 rings (SSSR count). The maximum absolute atomic E-state index is 5.18. The van der Waals surface area contributed by atoms with Gasteiger partial charge in [-0.15, -0.1) is 5.10 Å². The van der Waals surface area contributed by atoms with Gasteiger partial charge in [0.15, 0.2) is 5.96 Å². The summed E-state index contributed by atoms with van der Waals surface area (Å²) in [6.07, 6.45) is 3.15. The molecule has 0 amide bonds. The molecule has 0 aliphatic carbocycles. The van der Waals surface area contributed by atoms with Gasteiger partial charge >= 0.3 is 0 Å². The van der Waals surface area contributed by atoms with Crippen LogP contribution >= 0.6 is 0 Å². The van der Waals surface area contributed by atoms with Crippen LogP contribution in [0.4, 0.5) is 0 Å². The van der Waals surface area contributed by atoms with E-state index in [1.807, 2.05) is 10.9 Å². The number of aromatic nitrogens is 3. The van der Waals surface area contributed by atoms with Crippen molar-refractivity contribution in [3.63, 3.8) is 0 Å². The molecule has 2 fully saturated rings. The van der Waals surface area contributed by atoms with Crippen molar-refractivity contribution in [3.8, 4) is 0 Å². The topological polar surface area (TPSA) is 67.6 Å². The van der Waals surface area contributed by atoms with Crippen molar-refractivity contribution in [1.82, 2.24) is 25.2 Å². The van der Waals surface area contributed by atoms with E-state index in [9.17, 15) is 0 Å². The van der Waals surface area contributed by atoms with Crippen molar-refractivity contribution in [3.05, 3.63) is 11.9 Å². The Morgan fingerprint density at radius 3 is 2.91 bits per heavy atom. The molecule has 2 saturated heterocycles. The van der Waals surface area contributed by atoms with Crippen molar-refractivity contribution in [2.75, 3.05) is 26.3 Å². The number of hydrogen-bond acceptors (Lipinski definition) is 4. The minimum Gasteiger partial charge on any atom is -0.377 e. The summed E-state index contributed by atoms with van der Waals surface area (Å²) in [5, 5.41) is 11.9. The lowest BCUT2D eigenvalue weighted by atomic mass is 10.0. The molecule has 7 nitrogen and oxygen atoms in total. The van der Waals surface area contributed by atoms with Gasteiger partial charge in [0.1, 0.15) is 11.7 Å². The van der Waals surface area contributed by atoms with Crippen molar-refractivity contribution >= 4 is 5.96 Å². The first kappa shape index (κ1) is 15.3. The first-order valence-corrected chi connectivity index (χ1v) is 8.20. The molecule has 1 atom stereocenters. The first-order chi connectivity index (χ1) is 10.7. The summed E-state index contributed by atoms with van der Waals surface area (Å²) in [5.74, 6) is 1.69. The van der Waals surface area contributed by atoms with E-state index in [-0.39, 0.29) is 0 Å². The summed E-state index contributed by atoms with van der Waals surface area (Å²) in [4.78, 5) is 7.01. The fourth-order valence-electron chi connectivity index (χ4n) is 2.90. The lowest BCUT2D eigenvalue weighted by Gasteiger charge is -2.25. The van der Waals surface area contributed by atoms with E-state index in [1.54, 1.807) is 0 Å². The van der Waals surface area contributed by atoms with E-state index in [0.717, 1.165) is 38.0 Å². The number of guanidine groups is 1. The summed E-state index contributed by atoms with van der Waals surface area (Å²) in [6, 6.07) is 0.850. The molecule has 122 valence electrons. The van der Waals surface area contributed by atoms with E-state index in [4.69, 9.17) is 9.73 Å². The Balaban J connectivity index is 1.59. The third-order valence-electron chi connectivity index (χ3n) is 4.15. The molecule has 2 aliphatic heterocycles. The quantitative estimate of drug-likeness (QED) is 0.851. The van der Waals surface area contributed by atoms with Crippen LogP contribution in [0.15, 0.2) is 11.2 Å². The van der Waals surface area contributed by atoms with Crippen LogP contribution in [0.5, 0.6) is 0 Å². The lowest BCUT2D eigenvalue weighted by molar-refractivity contribution is -0.0293. The fraction of sp³-hybridized carbons (Fsp3) is 0.800. The normalized spacial score (nSPS) is 24.1. The minimum atomic E-state index is 0.348. The summed E-state index contributed by atoms with van der Waals surface area (Å²) >= 11 is 0. The van der Waals surface area contributed by atoms with E-state index in [0.29, 0.717) is 24.5 Å². The molecule has 1 aromatic rings. The Labute approximate surface area is 131 Å². The molecule has 1 unspecified atom stereocenters. The molecular weight excluding hydrogens is 280 g/mol.